The maximum atomic E-state index is 12.4. The highest BCUT2D eigenvalue weighted by atomic mass is 16.5. The van der Waals surface area contributed by atoms with Crippen LogP contribution in [0.15, 0.2) is 35.7 Å². The number of aromatic amines is 1. The zero-order valence-corrected chi connectivity index (χ0v) is 13.7. The Labute approximate surface area is 143 Å². The van der Waals surface area contributed by atoms with Crippen LogP contribution in [0.3, 0.4) is 0 Å². The molecule has 0 saturated carbocycles. The van der Waals surface area contributed by atoms with Crippen LogP contribution in [0.5, 0.6) is 0 Å². The number of carbonyl (C=O) groups is 2. The number of benzene rings is 1. The predicted octanol–water partition coefficient (Wildman–Crippen LogP) is 1.82. The lowest BCUT2D eigenvalue weighted by atomic mass is 10.2. The molecule has 2 rings (SSSR count). The molecule has 1 aromatic heterocycles. The van der Waals surface area contributed by atoms with Gasteiger partial charge in [0.15, 0.2) is 11.5 Å². The van der Waals surface area contributed by atoms with E-state index in [2.05, 4.69) is 25.8 Å². The number of aromatic nitrogens is 2. The summed E-state index contributed by atoms with van der Waals surface area (Å²) in [5.41, 5.74) is 3.61. The van der Waals surface area contributed by atoms with Crippen molar-refractivity contribution in [2.24, 2.45) is 5.10 Å². The van der Waals surface area contributed by atoms with Crippen molar-refractivity contribution in [1.82, 2.24) is 9.97 Å². The van der Waals surface area contributed by atoms with E-state index in [-0.39, 0.29) is 18.1 Å². The lowest BCUT2D eigenvalue weighted by molar-refractivity contribution is -0.134. The van der Waals surface area contributed by atoms with Crippen LogP contribution in [0, 0.1) is 18.3 Å². The highest BCUT2D eigenvalue weighted by molar-refractivity contribution is 6.43. The molecule has 0 fully saturated rings. The van der Waals surface area contributed by atoms with Gasteiger partial charge in [-0.1, -0.05) is 18.2 Å². The van der Waals surface area contributed by atoms with E-state index in [4.69, 9.17) is 10.00 Å². The number of amides is 1. The zero-order valence-electron chi connectivity index (χ0n) is 13.7. The maximum absolute atomic E-state index is 12.4. The summed E-state index contributed by atoms with van der Waals surface area (Å²) in [6, 6.07) is 8.92. The van der Waals surface area contributed by atoms with Gasteiger partial charge in [-0.3, -0.25) is 10.2 Å². The number of imidazole rings is 1. The van der Waals surface area contributed by atoms with Crippen molar-refractivity contribution in [3.8, 4) is 6.07 Å². The molecule has 0 aliphatic carbocycles. The van der Waals surface area contributed by atoms with E-state index < -0.39 is 17.6 Å². The van der Waals surface area contributed by atoms with E-state index in [9.17, 15) is 9.59 Å². The standard InChI is InChI=1S/C16H16N6O3/c1-3-25-16(24)12(8-17)21-22-14-13(18-9-19-14)15(23)20-11-7-5-4-6-10(11)2/h4-7,9,22H,3H2,1-2H3,(H,18,19)(H,20,23)/b21-12+. The number of aryl methyl sites for hydroxylation is 1. The van der Waals surface area contributed by atoms with Crippen LogP contribution in [-0.4, -0.2) is 34.2 Å². The minimum Gasteiger partial charge on any atom is -0.461 e. The van der Waals surface area contributed by atoms with E-state index in [0.717, 1.165) is 5.56 Å². The topological polar surface area (TPSA) is 132 Å². The van der Waals surface area contributed by atoms with Gasteiger partial charge in [0.25, 0.3) is 5.91 Å². The molecule has 0 unspecified atom stereocenters. The number of hydrogen-bond acceptors (Lipinski definition) is 7. The summed E-state index contributed by atoms with van der Waals surface area (Å²) in [6.45, 7) is 3.60. The summed E-state index contributed by atoms with van der Waals surface area (Å²) < 4.78 is 4.69. The molecule has 9 nitrogen and oxygen atoms in total. The Balaban J connectivity index is 2.14. The number of hydrazone groups is 1. The Bertz CT molecular complexity index is 850. The monoisotopic (exact) mass is 340 g/mol. The Kier molecular flexibility index (Phi) is 5.84. The zero-order chi connectivity index (χ0) is 18.2. The molecular weight excluding hydrogens is 324 g/mol. The first kappa shape index (κ1) is 17.7. The first-order chi connectivity index (χ1) is 12.1. The SMILES string of the molecule is CCOC(=O)/C(C#N)=N/Nc1nc[nH]c1C(=O)Nc1ccccc1C. The predicted molar refractivity (Wildman–Crippen MR) is 91.0 cm³/mol. The number of para-hydroxylation sites is 1. The summed E-state index contributed by atoms with van der Waals surface area (Å²) in [7, 11) is 0. The Morgan fingerprint density at radius 1 is 1.40 bits per heavy atom. The molecule has 0 radical (unpaired) electrons. The fraction of sp³-hybridized carbons (Fsp3) is 0.188. The summed E-state index contributed by atoms with van der Waals surface area (Å²) >= 11 is 0. The molecule has 0 aliphatic heterocycles. The summed E-state index contributed by atoms with van der Waals surface area (Å²) in [5, 5.41) is 15.3. The maximum Gasteiger partial charge on any atom is 0.369 e. The normalized spacial score (nSPS) is 10.7. The van der Waals surface area contributed by atoms with Crippen LogP contribution in [0.1, 0.15) is 23.0 Å². The molecule has 3 N–H and O–H groups in total. The van der Waals surface area contributed by atoms with Crippen molar-refractivity contribution in [3.63, 3.8) is 0 Å². The second-order valence-electron chi connectivity index (χ2n) is 4.80. The Morgan fingerprint density at radius 2 is 2.16 bits per heavy atom. The molecule has 25 heavy (non-hydrogen) atoms. The van der Waals surface area contributed by atoms with Gasteiger partial charge < -0.3 is 15.0 Å². The first-order valence-electron chi connectivity index (χ1n) is 7.38. The third-order valence-corrected chi connectivity index (χ3v) is 3.11. The van der Waals surface area contributed by atoms with Crippen LogP contribution in [0.2, 0.25) is 0 Å². The average Bonchev–Trinajstić information content (AvgIpc) is 3.06. The van der Waals surface area contributed by atoms with E-state index in [1.807, 2.05) is 19.1 Å². The van der Waals surface area contributed by atoms with Gasteiger partial charge in [0, 0.05) is 5.69 Å². The highest BCUT2D eigenvalue weighted by Gasteiger charge is 2.17. The number of nitriles is 1. The number of rotatable bonds is 6. The smallest absolute Gasteiger partial charge is 0.369 e. The van der Waals surface area contributed by atoms with Crippen molar-refractivity contribution in [2.45, 2.75) is 13.8 Å². The second kappa shape index (κ2) is 8.26. The number of H-pyrrole nitrogens is 1. The van der Waals surface area contributed by atoms with Gasteiger partial charge in [-0.05, 0) is 25.5 Å². The molecule has 0 saturated heterocycles. The fourth-order valence-corrected chi connectivity index (χ4v) is 1.87. The van der Waals surface area contributed by atoms with Crippen molar-refractivity contribution in [1.29, 1.82) is 5.26 Å². The molecule has 2 aromatic rings. The van der Waals surface area contributed by atoms with Crippen molar-refractivity contribution < 1.29 is 14.3 Å². The average molecular weight is 340 g/mol. The summed E-state index contributed by atoms with van der Waals surface area (Å²) in [4.78, 5) is 30.5. The number of hydrogen-bond donors (Lipinski definition) is 3. The van der Waals surface area contributed by atoms with E-state index in [1.165, 1.54) is 6.33 Å². The van der Waals surface area contributed by atoms with Crippen molar-refractivity contribution >= 4 is 29.1 Å². The Hall–Kier alpha value is -3.67. The third-order valence-electron chi connectivity index (χ3n) is 3.11. The van der Waals surface area contributed by atoms with Crippen LogP contribution in [0.25, 0.3) is 0 Å². The quantitative estimate of drug-likeness (QED) is 0.417. The number of carbonyl (C=O) groups excluding carboxylic acids is 2. The van der Waals surface area contributed by atoms with Crippen LogP contribution >= 0.6 is 0 Å². The lowest BCUT2D eigenvalue weighted by Gasteiger charge is -2.08. The number of nitrogens with zero attached hydrogens (tertiary/aromatic N) is 3. The summed E-state index contributed by atoms with van der Waals surface area (Å²) in [5.74, 6) is -1.23. The summed E-state index contributed by atoms with van der Waals surface area (Å²) in [6.07, 6.45) is 1.29. The molecule has 0 bridgehead atoms. The molecule has 1 amide bonds. The highest BCUT2D eigenvalue weighted by Crippen LogP contribution is 2.16. The number of nitrogens with one attached hydrogen (secondary N) is 3. The van der Waals surface area contributed by atoms with Crippen molar-refractivity contribution in [3.05, 3.63) is 41.9 Å². The molecule has 0 atom stereocenters. The van der Waals surface area contributed by atoms with Gasteiger partial charge in [0.2, 0.25) is 5.71 Å². The van der Waals surface area contributed by atoms with E-state index >= 15 is 0 Å². The van der Waals surface area contributed by atoms with Gasteiger partial charge in [0.05, 0.1) is 12.9 Å². The number of ether oxygens (including phenoxy) is 1. The van der Waals surface area contributed by atoms with Crippen LogP contribution in [0.4, 0.5) is 11.5 Å². The van der Waals surface area contributed by atoms with Crippen molar-refractivity contribution in [2.75, 3.05) is 17.3 Å². The largest absolute Gasteiger partial charge is 0.461 e. The first-order valence-corrected chi connectivity index (χ1v) is 7.38. The minimum absolute atomic E-state index is 0.0723. The molecule has 1 aromatic carbocycles. The van der Waals surface area contributed by atoms with Gasteiger partial charge in [-0.2, -0.15) is 10.4 Å². The van der Waals surface area contributed by atoms with Crippen LogP contribution < -0.4 is 10.7 Å². The van der Waals surface area contributed by atoms with Gasteiger partial charge in [0.1, 0.15) is 6.07 Å². The van der Waals surface area contributed by atoms with E-state index in [1.54, 1.807) is 25.1 Å². The number of esters is 1. The fourth-order valence-electron chi connectivity index (χ4n) is 1.87. The lowest BCUT2D eigenvalue weighted by Crippen LogP contribution is -2.18. The minimum atomic E-state index is -0.862. The Morgan fingerprint density at radius 3 is 2.84 bits per heavy atom. The van der Waals surface area contributed by atoms with Crippen LogP contribution in [-0.2, 0) is 9.53 Å². The van der Waals surface area contributed by atoms with Gasteiger partial charge in [-0.15, -0.1) is 0 Å². The van der Waals surface area contributed by atoms with Gasteiger partial charge in [-0.25, -0.2) is 9.78 Å². The number of anilines is 2. The molecular formula is C16H16N6O3. The second-order valence-corrected chi connectivity index (χ2v) is 4.80. The molecule has 1 heterocycles. The molecule has 0 aliphatic rings. The molecule has 128 valence electrons. The van der Waals surface area contributed by atoms with E-state index in [0.29, 0.717) is 5.69 Å². The molecule has 0 spiro atoms. The molecule has 9 heteroatoms. The third kappa shape index (κ3) is 4.42. The van der Waals surface area contributed by atoms with Gasteiger partial charge >= 0.3 is 5.97 Å².